The lowest BCUT2D eigenvalue weighted by atomic mass is 9.96. The Morgan fingerprint density at radius 3 is 2.74 bits per heavy atom. The van der Waals surface area contributed by atoms with Gasteiger partial charge in [0.1, 0.15) is 11.6 Å². The number of alkyl carbamates (subject to hydrolysis) is 1. The first-order valence-corrected chi connectivity index (χ1v) is 6.22. The lowest BCUT2D eigenvalue weighted by Crippen LogP contribution is -2.45. The van der Waals surface area contributed by atoms with Gasteiger partial charge in [-0.05, 0) is 31.9 Å². The van der Waals surface area contributed by atoms with Gasteiger partial charge in [-0.1, -0.05) is 24.3 Å². The van der Waals surface area contributed by atoms with Gasteiger partial charge in [0.2, 0.25) is 5.91 Å². The van der Waals surface area contributed by atoms with Crippen LogP contribution in [0.5, 0.6) is 0 Å². The molecule has 5 nitrogen and oxygen atoms in total. The lowest BCUT2D eigenvalue weighted by molar-refractivity contribution is -0.124. The highest BCUT2D eigenvalue weighted by Gasteiger charge is 2.30. The molecule has 0 saturated heterocycles. The summed E-state index contributed by atoms with van der Waals surface area (Å²) in [4.78, 5) is 23.6. The maximum atomic E-state index is 11.9. The fraction of sp³-hybridized carbons (Fsp3) is 0.429. The molecule has 0 bridgehead atoms. The number of hydrogen-bond donors (Lipinski definition) is 2. The van der Waals surface area contributed by atoms with Gasteiger partial charge >= 0.3 is 6.09 Å². The van der Waals surface area contributed by atoms with E-state index in [1.165, 1.54) is 0 Å². The fourth-order valence-corrected chi connectivity index (χ4v) is 1.97. The number of hydrogen-bond acceptors (Lipinski definition) is 3. The van der Waals surface area contributed by atoms with Crippen LogP contribution in [0.25, 0.3) is 0 Å². The Morgan fingerprint density at radius 1 is 1.37 bits per heavy atom. The molecule has 1 atom stereocenters. The van der Waals surface area contributed by atoms with Crippen LogP contribution in [0.15, 0.2) is 24.3 Å². The molecule has 0 saturated carbocycles. The van der Waals surface area contributed by atoms with Crippen LogP contribution in [0.4, 0.5) is 4.79 Å². The molecule has 0 aromatic heterocycles. The predicted molar refractivity (Wildman–Crippen MR) is 70.4 cm³/mol. The van der Waals surface area contributed by atoms with Crippen LogP contribution in [-0.4, -0.2) is 17.6 Å². The molecule has 1 aromatic rings. The second-order valence-corrected chi connectivity index (χ2v) is 5.50. The Hall–Kier alpha value is -2.04. The number of benzene rings is 1. The molecular formula is C14H18N2O3. The Morgan fingerprint density at radius 2 is 2.05 bits per heavy atom. The van der Waals surface area contributed by atoms with E-state index in [0.29, 0.717) is 6.54 Å². The van der Waals surface area contributed by atoms with Crippen LogP contribution < -0.4 is 10.6 Å². The van der Waals surface area contributed by atoms with Crippen molar-refractivity contribution in [1.82, 2.24) is 10.6 Å². The zero-order valence-corrected chi connectivity index (χ0v) is 11.3. The van der Waals surface area contributed by atoms with Crippen molar-refractivity contribution in [3.63, 3.8) is 0 Å². The summed E-state index contributed by atoms with van der Waals surface area (Å²) in [5.41, 5.74) is 1.23. The highest BCUT2D eigenvalue weighted by molar-refractivity contribution is 5.88. The summed E-state index contributed by atoms with van der Waals surface area (Å²) in [6.45, 7) is 5.83. The van der Waals surface area contributed by atoms with E-state index in [2.05, 4.69) is 10.6 Å². The second kappa shape index (κ2) is 4.91. The van der Waals surface area contributed by atoms with Crippen molar-refractivity contribution in [1.29, 1.82) is 0 Å². The van der Waals surface area contributed by atoms with E-state index in [4.69, 9.17) is 4.74 Å². The Bertz CT molecular complexity index is 506. The average molecular weight is 262 g/mol. The summed E-state index contributed by atoms with van der Waals surface area (Å²) in [5.74, 6) is -0.218. The summed E-state index contributed by atoms with van der Waals surface area (Å²) in [6, 6.07) is 6.83. The Labute approximate surface area is 112 Å². The fourth-order valence-electron chi connectivity index (χ4n) is 1.97. The Kier molecular flexibility index (Phi) is 3.46. The highest BCUT2D eigenvalue weighted by Crippen LogP contribution is 2.23. The molecule has 0 aliphatic carbocycles. The number of amides is 2. The molecule has 1 aromatic carbocycles. The van der Waals surface area contributed by atoms with Gasteiger partial charge in [0.25, 0.3) is 0 Å². The van der Waals surface area contributed by atoms with Gasteiger partial charge < -0.3 is 15.4 Å². The standard InChI is InChI=1S/C14H18N2O3/c1-14(2,3)19-13(18)16-11-10-7-5-4-6-9(10)8-15-12(11)17/h4-7,11H,8H2,1-3H3,(H,15,17)(H,16,18). The van der Waals surface area contributed by atoms with Gasteiger partial charge in [-0.25, -0.2) is 4.79 Å². The van der Waals surface area contributed by atoms with Crippen LogP contribution in [0, 0.1) is 0 Å². The molecule has 2 N–H and O–H groups in total. The Balaban J connectivity index is 2.16. The van der Waals surface area contributed by atoms with Crippen LogP contribution in [-0.2, 0) is 16.1 Å². The maximum absolute atomic E-state index is 11.9. The topological polar surface area (TPSA) is 67.4 Å². The minimum absolute atomic E-state index is 0.218. The third-order valence-corrected chi connectivity index (χ3v) is 2.74. The van der Waals surface area contributed by atoms with Crippen molar-refractivity contribution >= 4 is 12.0 Å². The van der Waals surface area contributed by atoms with Gasteiger partial charge in [0.05, 0.1) is 0 Å². The largest absolute Gasteiger partial charge is 0.444 e. The van der Waals surface area contributed by atoms with E-state index in [1.807, 2.05) is 24.3 Å². The zero-order valence-electron chi connectivity index (χ0n) is 11.3. The molecule has 1 aliphatic heterocycles. The van der Waals surface area contributed by atoms with Crippen molar-refractivity contribution < 1.29 is 14.3 Å². The van der Waals surface area contributed by atoms with Crippen molar-refractivity contribution in [2.75, 3.05) is 0 Å². The first kappa shape index (κ1) is 13.4. The molecule has 0 fully saturated rings. The third-order valence-electron chi connectivity index (χ3n) is 2.74. The molecule has 102 valence electrons. The number of carbonyl (C=O) groups excluding carboxylic acids is 2. The van der Waals surface area contributed by atoms with Crippen molar-refractivity contribution in [2.24, 2.45) is 0 Å². The quantitative estimate of drug-likeness (QED) is 0.812. The zero-order chi connectivity index (χ0) is 14.0. The molecule has 0 spiro atoms. The molecular weight excluding hydrogens is 244 g/mol. The van der Waals surface area contributed by atoms with Crippen LogP contribution in [0.2, 0.25) is 0 Å². The van der Waals surface area contributed by atoms with E-state index >= 15 is 0 Å². The molecule has 0 radical (unpaired) electrons. The number of rotatable bonds is 1. The number of carbonyl (C=O) groups is 2. The smallest absolute Gasteiger partial charge is 0.408 e. The van der Waals surface area contributed by atoms with Gasteiger partial charge in [0.15, 0.2) is 0 Å². The minimum atomic E-state index is -0.695. The summed E-state index contributed by atoms with van der Waals surface area (Å²) >= 11 is 0. The summed E-state index contributed by atoms with van der Waals surface area (Å²) in [6.07, 6.45) is -0.593. The van der Waals surface area contributed by atoms with Crippen molar-refractivity contribution in [2.45, 2.75) is 39.0 Å². The van der Waals surface area contributed by atoms with E-state index in [9.17, 15) is 9.59 Å². The molecule has 19 heavy (non-hydrogen) atoms. The molecule has 1 heterocycles. The third kappa shape index (κ3) is 3.24. The second-order valence-electron chi connectivity index (χ2n) is 5.50. The average Bonchev–Trinajstić information content (AvgIpc) is 2.31. The minimum Gasteiger partial charge on any atom is -0.444 e. The van der Waals surface area contributed by atoms with Crippen LogP contribution in [0.1, 0.15) is 37.9 Å². The molecule has 2 amide bonds. The predicted octanol–water partition coefficient (Wildman–Crippen LogP) is 1.88. The van der Waals surface area contributed by atoms with Gasteiger partial charge in [0, 0.05) is 6.54 Å². The normalized spacial score (nSPS) is 18.3. The first-order chi connectivity index (χ1) is 8.87. The SMILES string of the molecule is CC(C)(C)OC(=O)NC1C(=O)NCc2ccccc21. The van der Waals surface area contributed by atoms with Crippen molar-refractivity contribution in [3.05, 3.63) is 35.4 Å². The summed E-state index contributed by atoms with van der Waals surface area (Å²) in [5, 5.41) is 5.36. The van der Waals surface area contributed by atoms with Crippen LogP contribution in [0.3, 0.4) is 0 Å². The number of ether oxygens (including phenoxy) is 1. The van der Waals surface area contributed by atoms with Gasteiger partial charge in [-0.3, -0.25) is 4.79 Å². The van der Waals surface area contributed by atoms with Crippen LogP contribution >= 0.6 is 0 Å². The highest BCUT2D eigenvalue weighted by atomic mass is 16.6. The first-order valence-electron chi connectivity index (χ1n) is 6.22. The van der Waals surface area contributed by atoms with E-state index in [-0.39, 0.29) is 5.91 Å². The van der Waals surface area contributed by atoms with Gasteiger partial charge in [-0.2, -0.15) is 0 Å². The van der Waals surface area contributed by atoms with Crippen molar-refractivity contribution in [3.8, 4) is 0 Å². The summed E-state index contributed by atoms with van der Waals surface area (Å²) in [7, 11) is 0. The molecule has 1 unspecified atom stereocenters. The van der Waals surface area contributed by atoms with Gasteiger partial charge in [-0.15, -0.1) is 0 Å². The van der Waals surface area contributed by atoms with E-state index in [0.717, 1.165) is 11.1 Å². The van der Waals surface area contributed by atoms with E-state index in [1.54, 1.807) is 20.8 Å². The maximum Gasteiger partial charge on any atom is 0.408 e. The molecule has 1 aliphatic rings. The lowest BCUT2D eigenvalue weighted by Gasteiger charge is -2.27. The molecule has 2 rings (SSSR count). The molecule has 5 heteroatoms. The monoisotopic (exact) mass is 262 g/mol. The number of fused-ring (bicyclic) bond motifs is 1. The van der Waals surface area contributed by atoms with E-state index < -0.39 is 17.7 Å². The number of nitrogens with one attached hydrogen (secondary N) is 2. The summed E-state index contributed by atoms with van der Waals surface area (Å²) < 4.78 is 5.17.